The highest BCUT2D eigenvalue weighted by molar-refractivity contribution is 7.22. The van der Waals surface area contributed by atoms with Gasteiger partial charge in [-0.15, -0.1) is 0 Å². The topological polar surface area (TPSA) is 121 Å². The summed E-state index contributed by atoms with van der Waals surface area (Å²) in [7, 11) is 1.23. The van der Waals surface area contributed by atoms with Crippen molar-refractivity contribution in [2.45, 2.75) is 30.6 Å². The van der Waals surface area contributed by atoms with Crippen LogP contribution in [0.3, 0.4) is 0 Å². The molecule has 0 bridgehead atoms. The van der Waals surface area contributed by atoms with Gasteiger partial charge < -0.3 is 19.1 Å². The summed E-state index contributed by atoms with van der Waals surface area (Å²) in [6, 6.07) is 9.91. The zero-order valence-corrected chi connectivity index (χ0v) is 19.9. The van der Waals surface area contributed by atoms with E-state index in [1.165, 1.54) is 7.11 Å². The molecule has 2 aliphatic rings. The minimum atomic E-state index is -4.88. The molecule has 2 aromatic carbocycles. The highest BCUT2D eigenvalue weighted by Crippen LogP contribution is 2.45. The molecule has 0 aliphatic carbocycles. The number of nitro groups is 1. The first-order chi connectivity index (χ1) is 17.5. The molecule has 37 heavy (non-hydrogen) atoms. The summed E-state index contributed by atoms with van der Waals surface area (Å²) in [6.45, 7) is 0.269. The third-order valence-corrected chi connectivity index (χ3v) is 7.36. The summed E-state index contributed by atoms with van der Waals surface area (Å²) < 4.78 is 56.6. The molecule has 3 aromatic rings. The molecule has 3 heterocycles. The molecule has 1 aromatic heterocycles. The largest absolute Gasteiger partial charge is 0.467 e. The van der Waals surface area contributed by atoms with E-state index in [9.17, 15) is 32.9 Å². The Kier molecular flexibility index (Phi) is 6.12. The Labute approximate surface area is 210 Å². The van der Waals surface area contributed by atoms with E-state index in [0.717, 1.165) is 11.3 Å². The van der Waals surface area contributed by atoms with Crippen molar-refractivity contribution >= 4 is 38.2 Å². The Morgan fingerprint density at radius 3 is 2.65 bits per heavy atom. The van der Waals surface area contributed by atoms with E-state index >= 15 is 0 Å². The number of carbonyl (C=O) groups is 1. The molecule has 2 fully saturated rings. The maximum absolute atomic E-state index is 13.2. The van der Waals surface area contributed by atoms with Gasteiger partial charge in [-0.05, 0) is 11.6 Å². The summed E-state index contributed by atoms with van der Waals surface area (Å²) in [5, 5.41) is 11.1. The highest BCUT2D eigenvalue weighted by atomic mass is 32.1. The molecule has 0 saturated carbocycles. The zero-order valence-electron chi connectivity index (χ0n) is 19.1. The van der Waals surface area contributed by atoms with Crippen LogP contribution in [-0.4, -0.2) is 48.0 Å². The number of hydrogen-bond acceptors (Lipinski definition) is 10. The van der Waals surface area contributed by atoms with E-state index in [0.29, 0.717) is 17.7 Å². The van der Waals surface area contributed by atoms with Crippen LogP contribution in [0.4, 0.5) is 24.0 Å². The fourth-order valence-corrected chi connectivity index (χ4v) is 5.56. The van der Waals surface area contributed by atoms with Crippen molar-refractivity contribution in [2.24, 2.45) is 0 Å². The maximum Gasteiger partial charge on any atom is 0.416 e. The quantitative estimate of drug-likeness (QED) is 0.278. The SMILES string of the molecule is COC(=O)[C@@H]1O[C@]2(CCN(c3nc(=O)c4cc(C(F)(F)F)cc([N+](=O)[O-])c4s3)C2)O[C@H]1c1ccccc1. The molecule has 0 amide bonds. The van der Waals surface area contributed by atoms with Crippen LogP contribution in [0.25, 0.3) is 10.1 Å². The number of anilines is 1. The molecule has 0 unspecified atom stereocenters. The van der Waals surface area contributed by atoms with Crippen LogP contribution in [0.15, 0.2) is 47.3 Å². The Morgan fingerprint density at radius 1 is 1.27 bits per heavy atom. The molecular formula is C23H18F3N3O7S. The number of aromatic nitrogens is 1. The van der Waals surface area contributed by atoms with Gasteiger partial charge in [-0.2, -0.15) is 18.2 Å². The maximum atomic E-state index is 13.2. The van der Waals surface area contributed by atoms with Crippen LogP contribution >= 0.6 is 11.3 Å². The van der Waals surface area contributed by atoms with Crippen LogP contribution in [0.1, 0.15) is 23.7 Å². The van der Waals surface area contributed by atoms with Gasteiger partial charge in [-0.25, -0.2) is 4.79 Å². The van der Waals surface area contributed by atoms with Gasteiger partial charge in [0.05, 0.1) is 29.5 Å². The van der Waals surface area contributed by atoms with Gasteiger partial charge >= 0.3 is 12.1 Å². The average molecular weight is 537 g/mol. The van der Waals surface area contributed by atoms with Gasteiger partial charge in [0.15, 0.2) is 17.0 Å². The lowest BCUT2D eigenvalue weighted by molar-refractivity contribution is -0.383. The Hall–Kier alpha value is -3.62. The van der Waals surface area contributed by atoms with Gasteiger partial charge in [-0.1, -0.05) is 41.7 Å². The monoisotopic (exact) mass is 537 g/mol. The number of carbonyl (C=O) groups excluding carboxylic acids is 1. The van der Waals surface area contributed by atoms with Crippen molar-refractivity contribution in [3.8, 4) is 0 Å². The summed E-state index contributed by atoms with van der Waals surface area (Å²) >= 11 is 0.727. The van der Waals surface area contributed by atoms with Crippen molar-refractivity contribution < 1.29 is 37.1 Å². The second-order valence-electron chi connectivity index (χ2n) is 8.52. The number of benzene rings is 2. The van der Waals surface area contributed by atoms with Crippen molar-refractivity contribution in [3.05, 3.63) is 74.1 Å². The number of rotatable bonds is 4. The summed E-state index contributed by atoms with van der Waals surface area (Å²) in [5.41, 5.74) is -2.48. The van der Waals surface area contributed by atoms with E-state index < -0.39 is 57.3 Å². The minimum absolute atomic E-state index is 0.0205. The van der Waals surface area contributed by atoms with E-state index in [4.69, 9.17) is 14.2 Å². The van der Waals surface area contributed by atoms with Crippen molar-refractivity contribution in [1.82, 2.24) is 4.98 Å². The van der Waals surface area contributed by atoms with Crippen LogP contribution in [0.5, 0.6) is 0 Å². The van der Waals surface area contributed by atoms with Crippen molar-refractivity contribution in [2.75, 3.05) is 25.1 Å². The van der Waals surface area contributed by atoms with E-state index in [1.54, 1.807) is 29.2 Å². The number of hydrogen-bond donors (Lipinski definition) is 0. The smallest absolute Gasteiger partial charge is 0.416 e. The van der Waals surface area contributed by atoms with Gasteiger partial charge in [0, 0.05) is 19.0 Å². The first kappa shape index (κ1) is 25.0. The predicted octanol–water partition coefficient (Wildman–Crippen LogP) is 3.82. The second-order valence-corrected chi connectivity index (χ2v) is 9.50. The molecule has 2 saturated heterocycles. The average Bonchev–Trinajstić information content (AvgIpc) is 3.46. The molecule has 194 valence electrons. The zero-order chi connectivity index (χ0) is 26.5. The van der Waals surface area contributed by atoms with Gasteiger partial charge in [0.1, 0.15) is 10.8 Å². The number of methoxy groups -OCH3 is 1. The molecule has 2 aliphatic heterocycles. The molecule has 0 N–H and O–H groups in total. The number of alkyl halides is 3. The molecule has 1 spiro atoms. The number of non-ortho nitro benzene ring substituents is 1. The van der Waals surface area contributed by atoms with Crippen LogP contribution < -0.4 is 10.5 Å². The Bertz CT molecular complexity index is 1450. The number of nitrogens with zero attached hydrogens (tertiary/aromatic N) is 3. The van der Waals surface area contributed by atoms with Gasteiger partial charge in [0.25, 0.3) is 11.2 Å². The minimum Gasteiger partial charge on any atom is -0.467 e. The standard InChI is InChI=1S/C23H18F3N3O7S/c1-34-20(31)17-16(12-5-3-2-4-6-12)35-22(36-17)7-8-28(11-22)21-27-19(30)14-9-13(23(24,25)26)10-15(29(32)33)18(14)37-21/h2-6,9-10,16-17H,7-8,11H2,1H3/t16-,17+,22-/m0/s1. The normalized spacial score (nSPS) is 23.6. The fraction of sp³-hybridized carbons (Fsp3) is 0.348. The van der Waals surface area contributed by atoms with Crippen LogP contribution in [0, 0.1) is 10.1 Å². The Morgan fingerprint density at radius 2 is 2.00 bits per heavy atom. The lowest BCUT2D eigenvalue weighted by Crippen LogP contribution is -2.36. The predicted molar refractivity (Wildman–Crippen MR) is 124 cm³/mol. The Balaban J connectivity index is 1.50. The molecule has 3 atom stereocenters. The number of nitro benzene ring substituents is 1. The molecule has 0 radical (unpaired) electrons. The van der Waals surface area contributed by atoms with Crippen molar-refractivity contribution in [3.63, 3.8) is 0 Å². The number of fused-ring (bicyclic) bond motifs is 1. The third-order valence-electron chi connectivity index (χ3n) is 6.20. The summed E-state index contributed by atoms with van der Waals surface area (Å²) in [6.07, 6.45) is -6.44. The first-order valence-electron chi connectivity index (χ1n) is 11.0. The van der Waals surface area contributed by atoms with E-state index in [-0.39, 0.29) is 29.3 Å². The molecule has 14 heteroatoms. The van der Waals surface area contributed by atoms with E-state index in [2.05, 4.69) is 4.98 Å². The van der Waals surface area contributed by atoms with Crippen LogP contribution in [0.2, 0.25) is 0 Å². The number of esters is 1. The van der Waals surface area contributed by atoms with E-state index in [1.807, 2.05) is 6.07 Å². The lowest BCUT2D eigenvalue weighted by Gasteiger charge is -2.23. The molecule has 5 rings (SSSR count). The number of halogens is 3. The molecule has 10 nitrogen and oxygen atoms in total. The third kappa shape index (κ3) is 4.51. The highest BCUT2D eigenvalue weighted by Gasteiger charge is 2.55. The second kappa shape index (κ2) is 9.04. The van der Waals surface area contributed by atoms with Gasteiger partial charge in [0.2, 0.25) is 0 Å². The molecular weight excluding hydrogens is 519 g/mol. The lowest BCUT2D eigenvalue weighted by atomic mass is 10.0. The number of ether oxygens (including phenoxy) is 3. The summed E-state index contributed by atoms with van der Waals surface area (Å²) in [4.78, 5) is 41.2. The van der Waals surface area contributed by atoms with Gasteiger partial charge in [-0.3, -0.25) is 14.9 Å². The first-order valence-corrected chi connectivity index (χ1v) is 11.8. The van der Waals surface area contributed by atoms with Crippen molar-refractivity contribution in [1.29, 1.82) is 0 Å². The summed E-state index contributed by atoms with van der Waals surface area (Å²) in [5.74, 6) is -1.90. The van der Waals surface area contributed by atoms with Crippen LogP contribution in [-0.2, 0) is 25.2 Å². The fourth-order valence-electron chi connectivity index (χ4n) is 4.47.